The molecule has 2 aliphatic carbocycles. The van der Waals surface area contributed by atoms with Gasteiger partial charge in [-0.15, -0.1) is 0 Å². The molecule has 2 aliphatic rings. The third-order valence-corrected chi connectivity index (χ3v) is 4.30. The summed E-state index contributed by atoms with van der Waals surface area (Å²) >= 11 is 0. The van der Waals surface area contributed by atoms with Crippen LogP contribution in [0.25, 0.3) is 11.6 Å². The van der Waals surface area contributed by atoms with Crippen molar-refractivity contribution in [3.05, 3.63) is 34.0 Å². The molecule has 0 unspecified atom stereocenters. The molecule has 0 amide bonds. The third-order valence-electron chi connectivity index (χ3n) is 4.30. The molecule has 20 heavy (non-hydrogen) atoms. The zero-order valence-electron chi connectivity index (χ0n) is 12.4. The molecule has 0 radical (unpaired) electrons. The topological polar surface area (TPSA) is 42.1 Å². The Kier molecular flexibility index (Phi) is 3.08. The molecule has 0 saturated heterocycles. The number of allylic oxidation sites excluding steroid dienone is 1. The van der Waals surface area contributed by atoms with E-state index >= 15 is 0 Å². The monoisotopic (exact) mass is 271 g/mol. The summed E-state index contributed by atoms with van der Waals surface area (Å²) < 4.78 is 5.16. The van der Waals surface area contributed by atoms with Crippen LogP contribution in [0.1, 0.15) is 44.7 Å². The summed E-state index contributed by atoms with van der Waals surface area (Å²) in [6, 6.07) is 0. The number of esters is 1. The van der Waals surface area contributed by atoms with Crippen molar-refractivity contribution in [3.63, 3.8) is 0 Å². The van der Waals surface area contributed by atoms with Gasteiger partial charge in [0, 0.05) is 5.35 Å². The Hall–Kier alpha value is -1.77. The first-order chi connectivity index (χ1) is 9.54. The largest absolute Gasteiger partial charge is 0.462 e. The van der Waals surface area contributed by atoms with Crippen molar-refractivity contribution < 1.29 is 9.53 Å². The lowest BCUT2D eigenvalue weighted by Gasteiger charge is -2.28. The van der Waals surface area contributed by atoms with E-state index in [2.05, 4.69) is 31.0 Å². The van der Waals surface area contributed by atoms with Crippen LogP contribution in [0.2, 0.25) is 0 Å². The summed E-state index contributed by atoms with van der Waals surface area (Å²) in [5, 5.41) is 2.15. The fourth-order valence-electron chi connectivity index (χ4n) is 3.38. The summed E-state index contributed by atoms with van der Waals surface area (Å²) in [5.74, 6) is -0.235. The number of fused-ring (bicyclic) bond motifs is 3. The minimum absolute atomic E-state index is 0.166. The predicted molar refractivity (Wildman–Crippen MR) is 79.7 cm³/mol. The average Bonchev–Trinajstić information content (AvgIpc) is 2.78. The van der Waals surface area contributed by atoms with Gasteiger partial charge >= 0.3 is 5.97 Å². The van der Waals surface area contributed by atoms with E-state index in [4.69, 9.17) is 4.74 Å². The van der Waals surface area contributed by atoms with E-state index in [1.165, 1.54) is 16.5 Å². The number of aromatic amines is 1. The minimum Gasteiger partial charge on any atom is -0.462 e. The van der Waals surface area contributed by atoms with Crippen LogP contribution in [0.5, 0.6) is 0 Å². The second-order valence-electron chi connectivity index (χ2n) is 6.13. The summed E-state index contributed by atoms with van der Waals surface area (Å²) in [4.78, 5) is 15.5. The van der Waals surface area contributed by atoms with E-state index in [0.29, 0.717) is 12.2 Å². The van der Waals surface area contributed by atoms with Crippen molar-refractivity contribution in [3.8, 4) is 0 Å². The molecule has 0 saturated carbocycles. The van der Waals surface area contributed by atoms with Crippen LogP contribution in [0.4, 0.5) is 0 Å². The number of hydrogen-bond acceptors (Lipinski definition) is 2. The first-order valence-electron chi connectivity index (χ1n) is 7.34. The SMILES string of the molecule is CCOC(=O)C1=c2[nH]c3c(c2CC=C1)C(C)(C)CCC=3. The van der Waals surface area contributed by atoms with E-state index in [0.717, 1.165) is 24.6 Å². The van der Waals surface area contributed by atoms with Gasteiger partial charge in [-0.3, -0.25) is 0 Å². The van der Waals surface area contributed by atoms with Gasteiger partial charge in [-0.05, 0) is 48.8 Å². The lowest BCUT2D eigenvalue weighted by atomic mass is 9.75. The molecule has 1 heterocycles. The number of aromatic nitrogens is 1. The lowest BCUT2D eigenvalue weighted by Crippen LogP contribution is -2.29. The molecule has 0 aromatic carbocycles. The number of carbonyl (C=O) groups excluding carboxylic acids is 1. The van der Waals surface area contributed by atoms with E-state index in [-0.39, 0.29) is 11.4 Å². The van der Waals surface area contributed by atoms with Crippen LogP contribution in [0.15, 0.2) is 12.2 Å². The highest BCUT2D eigenvalue weighted by molar-refractivity contribution is 6.14. The van der Waals surface area contributed by atoms with Gasteiger partial charge in [-0.2, -0.15) is 0 Å². The first kappa shape index (κ1) is 13.2. The number of ether oxygens (including phenoxy) is 1. The molecule has 106 valence electrons. The summed E-state index contributed by atoms with van der Waals surface area (Å²) in [7, 11) is 0. The molecular formula is C17H21NO2. The molecule has 0 aliphatic heterocycles. The Bertz CT molecular complexity index is 704. The Balaban J connectivity index is 2.27. The van der Waals surface area contributed by atoms with Gasteiger partial charge in [-0.1, -0.05) is 26.0 Å². The molecule has 0 bridgehead atoms. The van der Waals surface area contributed by atoms with Gasteiger partial charge in [0.2, 0.25) is 0 Å². The molecule has 3 rings (SSSR count). The van der Waals surface area contributed by atoms with Gasteiger partial charge < -0.3 is 9.72 Å². The van der Waals surface area contributed by atoms with Crippen molar-refractivity contribution in [2.24, 2.45) is 0 Å². The predicted octanol–water partition coefficient (Wildman–Crippen LogP) is 1.69. The maximum Gasteiger partial charge on any atom is 0.340 e. The van der Waals surface area contributed by atoms with Crippen molar-refractivity contribution >= 4 is 17.6 Å². The maximum absolute atomic E-state index is 12.1. The van der Waals surface area contributed by atoms with Crippen molar-refractivity contribution in [1.82, 2.24) is 4.98 Å². The van der Waals surface area contributed by atoms with Crippen LogP contribution in [0, 0.1) is 0 Å². The quantitative estimate of drug-likeness (QED) is 0.832. The molecular weight excluding hydrogens is 250 g/mol. The lowest BCUT2D eigenvalue weighted by molar-refractivity contribution is -0.136. The zero-order chi connectivity index (χ0) is 14.3. The number of rotatable bonds is 2. The van der Waals surface area contributed by atoms with E-state index in [1.54, 1.807) is 0 Å². The van der Waals surface area contributed by atoms with Gasteiger partial charge in [0.05, 0.1) is 17.5 Å². The van der Waals surface area contributed by atoms with Crippen LogP contribution in [0.3, 0.4) is 0 Å². The number of hydrogen-bond donors (Lipinski definition) is 1. The molecule has 3 heteroatoms. The first-order valence-corrected chi connectivity index (χ1v) is 7.34. The Morgan fingerprint density at radius 1 is 1.45 bits per heavy atom. The number of nitrogens with one attached hydrogen (secondary N) is 1. The summed E-state index contributed by atoms with van der Waals surface area (Å²) in [6.45, 7) is 6.82. The Labute approximate surface area is 119 Å². The number of carbonyl (C=O) groups is 1. The third kappa shape index (κ3) is 1.92. The standard InChI is InChI=1S/C17H21NO2/c1-4-20-16(19)12-8-5-7-11-14-13(18-15(11)12)9-6-10-17(14,2)3/h5,8-9,18H,4,6-7,10H2,1-3H3. The summed E-state index contributed by atoms with van der Waals surface area (Å²) in [6.07, 6.45) is 9.33. The number of H-pyrrole nitrogens is 1. The zero-order valence-corrected chi connectivity index (χ0v) is 12.4. The van der Waals surface area contributed by atoms with Gasteiger partial charge in [0.1, 0.15) is 0 Å². The second kappa shape index (κ2) is 4.65. The van der Waals surface area contributed by atoms with Gasteiger partial charge in [0.15, 0.2) is 0 Å². The minimum atomic E-state index is -0.235. The molecule has 1 aromatic heterocycles. The van der Waals surface area contributed by atoms with Crippen LogP contribution < -0.4 is 10.7 Å². The molecule has 0 spiro atoms. The molecule has 1 aromatic rings. The van der Waals surface area contributed by atoms with Crippen molar-refractivity contribution in [1.29, 1.82) is 0 Å². The fraction of sp³-hybridized carbons (Fsp3) is 0.471. The Morgan fingerprint density at radius 3 is 3.00 bits per heavy atom. The summed E-state index contributed by atoms with van der Waals surface area (Å²) in [5.41, 5.74) is 3.47. The van der Waals surface area contributed by atoms with Crippen molar-refractivity contribution in [2.75, 3.05) is 6.61 Å². The highest BCUT2D eigenvalue weighted by Gasteiger charge is 2.30. The Morgan fingerprint density at radius 2 is 2.25 bits per heavy atom. The van der Waals surface area contributed by atoms with E-state index in [1.807, 2.05) is 13.0 Å². The average molecular weight is 271 g/mol. The van der Waals surface area contributed by atoms with Crippen LogP contribution in [-0.2, 0) is 21.4 Å². The molecule has 0 atom stereocenters. The van der Waals surface area contributed by atoms with Gasteiger partial charge in [-0.25, -0.2) is 4.79 Å². The van der Waals surface area contributed by atoms with Crippen LogP contribution in [-0.4, -0.2) is 17.6 Å². The highest BCUT2D eigenvalue weighted by Crippen LogP contribution is 2.31. The highest BCUT2D eigenvalue weighted by atomic mass is 16.5. The van der Waals surface area contributed by atoms with Crippen molar-refractivity contribution in [2.45, 2.75) is 45.4 Å². The smallest absolute Gasteiger partial charge is 0.340 e. The molecule has 0 fully saturated rings. The van der Waals surface area contributed by atoms with Crippen LogP contribution >= 0.6 is 0 Å². The van der Waals surface area contributed by atoms with Gasteiger partial charge in [0.25, 0.3) is 0 Å². The second-order valence-corrected chi connectivity index (χ2v) is 6.13. The van der Waals surface area contributed by atoms with E-state index in [9.17, 15) is 4.79 Å². The molecule has 3 nitrogen and oxygen atoms in total. The van der Waals surface area contributed by atoms with E-state index < -0.39 is 0 Å². The fourth-order valence-corrected chi connectivity index (χ4v) is 3.38. The maximum atomic E-state index is 12.1. The molecule has 1 N–H and O–H groups in total. The normalized spacial score (nSPS) is 19.1.